The second-order valence-corrected chi connectivity index (χ2v) is 3.87. The summed E-state index contributed by atoms with van der Waals surface area (Å²) in [6.45, 7) is 16.8. The summed E-state index contributed by atoms with van der Waals surface area (Å²) < 4.78 is 0. The van der Waals surface area contributed by atoms with Crippen LogP contribution in [-0.2, 0) is 12.8 Å². The van der Waals surface area contributed by atoms with Gasteiger partial charge in [0, 0.05) is 0 Å². The predicted octanol–water partition coefficient (Wildman–Crippen LogP) is 7.70. The van der Waals surface area contributed by atoms with Crippen molar-refractivity contribution in [3.63, 3.8) is 0 Å². The van der Waals surface area contributed by atoms with Gasteiger partial charge in [0.2, 0.25) is 0 Å². The van der Waals surface area contributed by atoms with Crippen LogP contribution in [0.15, 0.2) is 24.3 Å². The van der Waals surface area contributed by atoms with E-state index in [0.717, 1.165) is 6.42 Å². The van der Waals surface area contributed by atoms with E-state index >= 15 is 0 Å². The fourth-order valence-electron chi connectivity index (χ4n) is 1.42. The van der Waals surface area contributed by atoms with Gasteiger partial charge in [-0.25, -0.2) is 0 Å². The van der Waals surface area contributed by atoms with E-state index < -0.39 is 0 Å². The second-order valence-electron chi connectivity index (χ2n) is 3.87. The SMILES string of the molecule is C.CC.CC.CCCC.CCCc1ccccc1CC. The summed E-state index contributed by atoms with van der Waals surface area (Å²) in [5.41, 5.74) is 3.03. The molecule has 0 saturated carbocycles. The van der Waals surface area contributed by atoms with Gasteiger partial charge in [-0.05, 0) is 24.0 Å². The lowest BCUT2D eigenvalue weighted by atomic mass is 10.0. The third-order valence-corrected chi connectivity index (χ3v) is 2.52. The van der Waals surface area contributed by atoms with Gasteiger partial charge in [-0.3, -0.25) is 0 Å². The summed E-state index contributed by atoms with van der Waals surface area (Å²) in [6, 6.07) is 8.72. The Morgan fingerprint density at radius 2 is 1.05 bits per heavy atom. The topological polar surface area (TPSA) is 0 Å². The molecule has 1 rings (SSSR count). The van der Waals surface area contributed by atoms with Crippen molar-refractivity contribution in [1.82, 2.24) is 0 Å². The molecule has 0 aromatic heterocycles. The van der Waals surface area contributed by atoms with Crippen molar-refractivity contribution in [3.05, 3.63) is 35.4 Å². The van der Waals surface area contributed by atoms with E-state index in [2.05, 4.69) is 52.0 Å². The zero-order valence-electron chi connectivity index (χ0n) is 14.8. The molecule has 0 aliphatic rings. The van der Waals surface area contributed by atoms with Crippen LogP contribution in [0.25, 0.3) is 0 Å². The fraction of sp³-hybridized carbons (Fsp3) is 0.700. The van der Waals surface area contributed by atoms with Crippen molar-refractivity contribution in [2.45, 2.75) is 94.9 Å². The molecule has 0 saturated heterocycles. The Bertz CT molecular complexity index is 236. The Morgan fingerprint density at radius 1 is 0.650 bits per heavy atom. The van der Waals surface area contributed by atoms with Crippen molar-refractivity contribution in [1.29, 1.82) is 0 Å². The van der Waals surface area contributed by atoms with Crippen LogP contribution in [0.4, 0.5) is 0 Å². The molecule has 0 amide bonds. The van der Waals surface area contributed by atoms with Crippen LogP contribution in [0.5, 0.6) is 0 Å². The van der Waals surface area contributed by atoms with Crippen LogP contribution < -0.4 is 0 Å². The highest BCUT2D eigenvalue weighted by atomic mass is 14.0. The van der Waals surface area contributed by atoms with E-state index in [-0.39, 0.29) is 7.43 Å². The molecule has 0 heterocycles. The van der Waals surface area contributed by atoms with E-state index in [1.54, 1.807) is 0 Å². The van der Waals surface area contributed by atoms with Crippen molar-refractivity contribution in [2.24, 2.45) is 0 Å². The molecule has 0 nitrogen and oxygen atoms in total. The summed E-state index contributed by atoms with van der Waals surface area (Å²) in [5, 5.41) is 0. The molecular formula is C20H42. The minimum absolute atomic E-state index is 0. The van der Waals surface area contributed by atoms with Crippen LogP contribution in [0.2, 0.25) is 0 Å². The Morgan fingerprint density at radius 3 is 1.35 bits per heavy atom. The fourth-order valence-corrected chi connectivity index (χ4v) is 1.42. The molecule has 0 N–H and O–H groups in total. The number of aryl methyl sites for hydroxylation is 2. The van der Waals surface area contributed by atoms with E-state index in [0.29, 0.717) is 0 Å². The van der Waals surface area contributed by atoms with Gasteiger partial charge in [-0.1, -0.05) is 106 Å². The first kappa shape index (κ1) is 27.5. The van der Waals surface area contributed by atoms with Crippen molar-refractivity contribution in [2.75, 3.05) is 0 Å². The molecule has 1 aromatic rings. The number of unbranched alkanes of at least 4 members (excludes halogenated alkanes) is 1. The largest absolute Gasteiger partial charge is 0.0776 e. The Labute approximate surface area is 131 Å². The third kappa shape index (κ3) is 17.2. The number of hydrogen-bond donors (Lipinski definition) is 0. The average Bonchev–Trinajstić information content (AvgIpc) is 2.52. The van der Waals surface area contributed by atoms with Crippen LogP contribution in [0.3, 0.4) is 0 Å². The number of benzene rings is 1. The van der Waals surface area contributed by atoms with Gasteiger partial charge in [0.05, 0.1) is 0 Å². The van der Waals surface area contributed by atoms with Crippen LogP contribution in [-0.4, -0.2) is 0 Å². The van der Waals surface area contributed by atoms with E-state index in [1.165, 1.54) is 36.8 Å². The minimum Gasteiger partial charge on any atom is -0.0776 e. The highest BCUT2D eigenvalue weighted by Gasteiger charge is 1.96. The molecule has 0 bridgehead atoms. The Hall–Kier alpha value is -0.780. The van der Waals surface area contributed by atoms with E-state index in [1.807, 2.05) is 27.7 Å². The first-order valence-electron chi connectivity index (χ1n) is 8.36. The van der Waals surface area contributed by atoms with Gasteiger partial charge in [0.25, 0.3) is 0 Å². The highest BCUT2D eigenvalue weighted by molar-refractivity contribution is 5.26. The molecule has 0 heteroatoms. The smallest absolute Gasteiger partial charge is 0.0279 e. The lowest BCUT2D eigenvalue weighted by Gasteiger charge is -2.04. The monoisotopic (exact) mass is 282 g/mol. The van der Waals surface area contributed by atoms with Crippen LogP contribution in [0.1, 0.15) is 93.2 Å². The molecule has 0 aliphatic carbocycles. The number of hydrogen-bond acceptors (Lipinski definition) is 0. The summed E-state index contributed by atoms with van der Waals surface area (Å²) >= 11 is 0. The van der Waals surface area contributed by atoms with Gasteiger partial charge in [0.15, 0.2) is 0 Å². The molecule has 20 heavy (non-hydrogen) atoms. The van der Waals surface area contributed by atoms with Crippen LogP contribution >= 0.6 is 0 Å². The van der Waals surface area contributed by atoms with Gasteiger partial charge < -0.3 is 0 Å². The molecular weight excluding hydrogens is 240 g/mol. The summed E-state index contributed by atoms with van der Waals surface area (Å²) in [4.78, 5) is 0. The Balaban J connectivity index is -0.000000122. The first-order chi connectivity index (χ1) is 9.29. The standard InChI is InChI=1S/C11H16.C4H10.2C2H6.CH4/c1-3-7-11-9-6-5-8-10(11)4-2;1-3-4-2;2*1-2;/h5-6,8-9H,3-4,7H2,1-2H3;3-4H2,1-2H3;2*1-2H3;1H4. The maximum Gasteiger partial charge on any atom is -0.0279 e. The van der Waals surface area contributed by atoms with Gasteiger partial charge in [-0.15, -0.1) is 0 Å². The molecule has 122 valence electrons. The summed E-state index contributed by atoms with van der Waals surface area (Å²) in [7, 11) is 0. The quantitative estimate of drug-likeness (QED) is 0.530. The van der Waals surface area contributed by atoms with Gasteiger partial charge >= 0.3 is 0 Å². The summed E-state index contributed by atoms with van der Waals surface area (Å²) in [5.74, 6) is 0. The average molecular weight is 283 g/mol. The molecule has 0 unspecified atom stereocenters. The zero-order valence-corrected chi connectivity index (χ0v) is 14.8. The van der Waals surface area contributed by atoms with E-state index in [4.69, 9.17) is 0 Å². The molecule has 0 atom stereocenters. The third-order valence-electron chi connectivity index (χ3n) is 2.52. The number of rotatable bonds is 4. The van der Waals surface area contributed by atoms with Crippen LogP contribution in [0, 0.1) is 0 Å². The van der Waals surface area contributed by atoms with Gasteiger partial charge in [0.1, 0.15) is 0 Å². The normalized spacial score (nSPS) is 7.60. The molecule has 0 radical (unpaired) electrons. The lowest BCUT2D eigenvalue weighted by Crippen LogP contribution is -1.90. The maximum atomic E-state index is 2.24. The van der Waals surface area contributed by atoms with Gasteiger partial charge in [-0.2, -0.15) is 0 Å². The maximum absolute atomic E-state index is 2.24. The Kier molecular flexibility index (Phi) is 36.8. The second kappa shape index (κ2) is 26.7. The lowest BCUT2D eigenvalue weighted by molar-refractivity contribution is 0.886. The van der Waals surface area contributed by atoms with Crippen molar-refractivity contribution < 1.29 is 0 Å². The molecule has 0 fully saturated rings. The molecule has 1 aromatic carbocycles. The minimum atomic E-state index is 0. The van der Waals surface area contributed by atoms with Crippen molar-refractivity contribution >= 4 is 0 Å². The van der Waals surface area contributed by atoms with Crippen molar-refractivity contribution in [3.8, 4) is 0 Å². The molecule has 0 spiro atoms. The highest BCUT2D eigenvalue weighted by Crippen LogP contribution is 2.10. The first-order valence-corrected chi connectivity index (χ1v) is 8.36. The predicted molar refractivity (Wildman–Crippen MR) is 99.8 cm³/mol. The molecule has 0 aliphatic heterocycles. The van der Waals surface area contributed by atoms with E-state index in [9.17, 15) is 0 Å². The zero-order chi connectivity index (χ0) is 15.5. The summed E-state index contributed by atoms with van der Waals surface area (Å²) in [6.07, 6.45) is 6.28.